The second-order valence-electron chi connectivity index (χ2n) is 4.11. The molecule has 2 heterocycles. The molecule has 1 fully saturated rings. The Balaban J connectivity index is 2.00. The Labute approximate surface area is 85.5 Å². The molecule has 0 aromatic carbocycles. The smallest absolute Gasteiger partial charge is 0.0470 e. The van der Waals surface area contributed by atoms with Crippen LogP contribution in [0.4, 0.5) is 0 Å². The van der Waals surface area contributed by atoms with Crippen LogP contribution in [-0.4, -0.2) is 36.1 Å². The van der Waals surface area contributed by atoms with Gasteiger partial charge in [-0.1, -0.05) is 0 Å². The molecule has 0 saturated carbocycles. The summed E-state index contributed by atoms with van der Waals surface area (Å²) >= 11 is 0. The summed E-state index contributed by atoms with van der Waals surface area (Å²) < 4.78 is 0. The third kappa shape index (κ3) is 1.83. The Bertz CT molecular complexity index is 262. The average Bonchev–Trinajstić information content (AvgIpc) is 2.87. The number of H-pyrrole nitrogens is 1. The number of aromatic nitrogens is 1. The van der Waals surface area contributed by atoms with Gasteiger partial charge in [-0.15, -0.1) is 0 Å². The van der Waals surface area contributed by atoms with Crippen molar-refractivity contribution in [2.45, 2.75) is 25.4 Å². The Hall–Kier alpha value is -0.800. The van der Waals surface area contributed by atoms with Gasteiger partial charge in [-0.05, 0) is 39.1 Å². The molecular formula is C11H19N3. The summed E-state index contributed by atoms with van der Waals surface area (Å²) in [5.74, 6) is 0. The van der Waals surface area contributed by atoms with Gasteiger partial charge < -0.3 is 10.3 Å². The predicted octanol–water partition coefficient (Wildman–Crippen LogP) is 1.37. The van der Waals surface area contributed by atoms with E-state index in [4.69, 9.17) is 0 Å². The van der Waals surface area contributed by atoms with E-state index < -0.39 is 0 Å². The van der Waals surface area contributed by atoms with Crippen LogP contribution >= 0.6 is 0 Å². The summed E-state index contributed by atoms with van der Waals surface area (Å²) in [5.41, 5.74) is 1.31. The molecule has 3 heteroatoms. The molecule has 0 unspecified atom stereocenters. The van der Waals surface area contributed by atoms with E-state index in [2.05, 4.69) is 41.3 Å². The van der Waals surface area contributed by atoms with Crippen molar-refractivity contribution < 1.29 is 0 Å². The first-order chi connectivity index (χ1) is 6.79. The Morgan fingerprint density at radius 1 is 1.57 bits per heavy atom. The van der Waals surface area contributed by atoms with Crippen LogP contribution in [0.5, 0.6) is 0 Å². The number of likely N-dealkylation sites (N-methyl/N-ethyl adjacent to an activating group) is 1. The monoisotopic (exact) mass is 193 g/mol. The van der Waals surface area contributed by atoms with Crippen molar-refractivity contribution in [1.29, 1.82) is 0 Å². The number of hydrogen-bond donors (Lipinski definition) is 2. The lowest BCUT2D eigenvalue weighted by Gasteiger charge is -2.29. The summed E-state index contributed by atoms with van der Waals surface area (Å²) in [7, 11) is 2.21. The Morgan fingerprint density at radius 3 is 3.00 bits per heavy atom. The van der Waals surface area contributed by atoms with Crippen LogP contribution in [0.15, 0.2) is 18.3 Å². The van der Waals surface area contributed by atoms with E-state index in [0.29, 0.717) is 12.1 Å². The van der Waals surface area contributed by atoms with Gasteiger partial charge in [0.15, 0.2) is 0 Å². The largest absolute Gasteiger partial charge is 0.364 e. The first-order valence-corrected chi connectivity index (χ1v) is 5.35. The topological polar surface area (TPSA) is 31.1 Å². The maximum Gasteiger partial charge on any atom is 0.0470 e. The van der Waals surface area contributed by atoms with Crippen LogP contribution in [0, 0.1) is 0 Å². The zero-order valence-corrected chi connectivity index (χ0v) is 8.96. The van der Waals surface area contributed by atoms with E-state index in [1.54, 1.807) is 0 Å². The summed E-state index contributed by atoms with van der Waals surface area (Å²) in [6, 6.07) is 5.39. The zero-order chi connectivity index (χ0) is 9.97. The van der Waals surface area contributed by atoms with Crippen LogP contribution in [0.2, 0.25) is 0 Å². The molecule has 0 radical (unpaired) electrons. The van der Waals surface area contributed by atoms with Crippen LogP contribution in [0.3, 0.4) is 0 Å². The highest BCUT2D eigenvalue weighted by Gasteiger charge is 2.23. The first-order valence-electron chi connectivity index (χ1n) is 5.35. The van der Waals surface area contributed by atoms with Crippen LogP contribution in [0.25, 0.3) is 0 Å². The number of nitrogens with one attached hydrogen (secondary N) is 2. The number of hydrogen-bond acceptors (Lipinski definition) is 2. The van der Waals surface area contributed by atoms with Gasteiger partial charge in [-0.3, -0.25) is 4.90 Å². The molecule has 2 atom stereocenters. The van der Waals surface area contributed by atoms with Gasteiger partial charge in [0.25, 0.3) is 0 Å². The van der Waals surface area contributed by atoms with Gasteiger partial charge in [0.05, 0.1) is 0 Å². The highest BCUT2D eigenvalue weighted by molar-refractivity contribution is 5.08. The SMILES string of the molecule is C[C@H](c1ccc[nH]1)N(C)[C@H]1CCNC1. The van der Waals surface area contributed by atoms with Gasteiger partial charge in [0.1, 0.15) is 0 Å². The van der Waals surface area contributed by atoms with E-state index in [-0.39, 0.29) is 0 Å². The minimum Gasteiger partial charge on any atom is -0.364 e. The van der Waals surface area contributed by atoms with Gasteiger partial charge in [-0.25, -0.2) is 0 Å². The molecule has 78 valence electrons. The summed E-state index contributed by atoms with van der Waals surface area (Å²) in [6.45, 7) is 4.54. The molecule has 0 amide bonds. The van der Waals surface area contributed by atoms with E-state index in [9.17, 15) is 0 Å². The highest BCUT2D eigenvalue weighted by atomic mass is 15.2. The van der Waals surface area contributed by atoms with Crippen molar-refractivity contribution in [3.05, 3.63) is 24.0 Å². The van der Waals surface area contributed by atoms with Crippen molar-refractivity contribution in [3.63, 3.8) is 0 Å². The molecule has 3 nitrogen and oxygen atoms in total. The van der Waals surface area contributed by atoms with E-state index in [1.807, 2.05) is 6.20 Å². The van der Waals surface area contributed by atoms with E-state index in [0.717, 1.165) is 13.1 Å². The second-order valence-corrected chi connectivity index (χ2v) is 4.11. The van der Waals surface area contributed by atoms with Crippen LogP contribution in [0.1, 0.15) is 25.1 Å². The summed E-state index contributed by atoms with van der Waals surface area (Å²) in [4.78, 5) is 5.73. The molecule has 0 spiro atoms. The predicted molar refractivity (Wildman–Crippen MR) is 58.2 cm³/mol. The molecule has 1 saturated heterocycles. The fourth-order valence-electron chi connectivity index (χ4n) is 2.13. The quantitative estimate of drug-likeness (QED) is 0.759. The molecule has 2 rings (SSSR count). The lowest BCUT2D eigenvalue weighted by molar-refractivity contribution is 0.194. The van der Waals surface area contributed by atoms with Gasteiger partial charge in [0.2, 0.25) is 0 Å². The minimum atomic E-state index is 0.481. The zero-order valence-electron chi connectivity index (χ0n) is 8.96. The number of nitrogens with zero attached hydrogens (tertiary/aromatic N) is 1. The normalized spacial score (nSPS) is 24.4. The lowest BCUT2D eigenvalue weighted by atomic mass is 10.1. The Morgan fingerprint density at radius 2 is 2.43 bits per heavy atom. The lowest BCUT2D eigenvalue weighted by Crippen LogP contribution is -2.35. The van der Waals surface area contributed by atoms with Crippen molar-refractivity contribution >= 4 is 0 Å². The number of aromatic amines is 1. The molecule has 1 aliphatic rings. The van der Waals surface area contributed by atoms with Gasteiger partial charge >= 0.3 is 0 Å². The summed E-state index contributed by atoms with van der Waals surface area (Å²) in [5, 5.41) is 3.40. The molecule has 0 aliphatic carbocycles. The molecule has 1 aliphatic heterocycles. The summed E-state index contributed by atoms with van der Waals surface area (Å²) in [6.07, 6.45) is 3.26. The van der Waals surface area contributed by atoms with Gasteiger partial charge in [0, 0.05) is 30.5 Å². The highest BCUT2D eigenvalue weighted by Crippen LogP contribution is 2.21. The number of rotatable bonds is 3. The van der Waals surface area contributed by atoms with Crippen molar-refractivity contribution in [3.8, 4) is 0 Å². The van der Waals surface area contributed by atoms with Crippen LogP contribution in [-0.2, 0) is 0 Å². The fraction of sp³-hybridized carbons (Fsp3) is 0.636. The fourth-order valence-corrected chi connectivity index (χ4v) is 2.13. The van der Waals surface area contributed by atoms with Crippen molar-refractivity contribution in [2.24, 2.45) is 0 Å². The molecule has 0 bridgehead atoms. The molecule has 14 heavy (non-hydrogen) atoms. The first kappa shape index (κ1) is 9.74. The molecule has 1 aromatic heterocycles. The van der Waals surface area contributed by atoms with E-state index >= 15 is 0 Å². The average molecular weight is 193 g/mol. The second kappa shape index (κ2) is 4.15. The molecule has 2 N–H and O–H groups in total. The maximum absolute atomic E-state index is 3.40. The van der Waals surface area contributed by atoms with Crippen molar-refractivity contribution in [1.82, 2.24) is 15.2 Å². The standard InChI is InChI=1S/C11H19N3/c1-9(11-4-3-6-13-11)14(2)10-5-7-12-8-10/h3-4,6,9-10,12-13H,5,7-8H2,1-2H3/t9-,10+/m1/s1. The maximum atomic E-state index is 3.40. The third-order valence-corrected chi connectivity index (χ3v) is 3.29. The molecular weight excluding hydrogens is 174 g/mol. The molecule has 1 aromatic rings. The van der Waals surface area contributed by atoms with Gasteiger partial charge in [-0.2, -0.15) is 0 Å². The van der Waals surface area contributed by atoms with E-state index in [1.165, 1.54) is 12.1 Å². The van der Waals surface area contributed by atoms with Crippen molar-refractivity contribution in [2.75, 3.05) is 20.1 Å². The minimum absolute atomic E-state index is 0.481. The third-order valence-electron chi connectivity index (χ3n) is 3.29. The van der Waals surface area contributed by atoms with Crippen LogP contribution < -0.4 is 5.32 Å². The Kier molecular flexibility index (Phi) is 2.89.